The van der Waals surface area contributed by atoms with Gasteiger partial charge in [0.25, 0.3) is 0 Å². The van der Waals surface area contributed by atoms with Crippen LogP contribution < -0.4 is 0 Å². The molecular formula is C22H34. The smallest absolute Gasteiger partial charge is 0.0133 e. The first-order valence-corrected chi connectivity index (χ1v) is 9.06. The molecule has 1 aromatic rings. The van der Waals surface area contributed by atoms with Gasteiger partial charge >= 0.3 is 0 Å². The van der Waals surface area contributed by atoms with Crippen molar-refractivity contribution in [2.75, 3.05) is 0 Å². The van der Waals surface area contributed by atoms with Crippen LogP contribution >= 0.6 is 0 Å². The summed E-state index contributed by atoms with van der Waals surface area (Å²) in [6.07, 6.45) is 7.67. The van der Waals surface area contributed by atoms with Gasteiger partial charge in [0.15, 0.2) is 0 Å². The molecule has 122 valence electrons. The highest BCUT2D eigenvalue weighted by molar-refractivity contribution is 5.49. The van der Waals surface area contributed by atoms with E-state index in [1.165, 1.54) is 42.4 Å². The van der Waals surface area contributed by atoms with E-state index in [-0.39, 0.29) is 0 Å². The lowest BCUT2D eigenvalue weighted by Gasteiger charge is -2.36. The first-order chi connectivity index (χ1) is 10.3. The molecule has 0 nitrogen and oxygen atoms in total. The third kappa shape index (κ3) is 3.47. The van der Waals surface area contributed by atoms with Gasteiger partial charge in [-0.05, 0) is 106 Å². The third-order valence-corrected chi connectivity index (χ3v) is 5.91. The molecule has 0 N–H and O–H groups in total. The Labute approximate surface area is 138 Å². The van der Waals surface area contributed by atoms with Crippen molar-refractivity contribution in [2.45, 2.75) is 86.0 Å². The van der Waals surface area contributed by atoms with E-state index in [2.05, 4.69) is 60.6 Å². The van der Waals surface area contributed by atoms with E-state index in [4.69, 9.17) is 0 Å². The molecule has 0 radical (unpaired) electrons. The topological polar surface area (TPSA) is 0 Å². The van der Waals surface area contributed by atoms with Gasteiger partial charge in [-0.1, -0.05) is 31.6 Å². The van der Waals surface area contributed by atoms with Crippen molar-refractivity contribution < 1.29 is 0 Å². The predicted molar refractivity (Wildman–Crippen MR) is 98.9 cm³/mol. The zero-order valence-electron chi connectivity index (χ0n) is 15.7. The Morgan fingerprint density at radius 1 is 1.18 bits per heavy atom. The normalized spacial score (nSPS) is 22.1. The lowest BCUT2D eigenvalue weighted by molar-refractivity contribution is 0.369. The Morgan fingerprint density at radius 2 is 1.86 bits per heavy atom. The lowest BCUT2D eigenvalue weighted by Crippen LogP contribution is -2.20. The van der Waals surface area contributed by atoms with Crippen molar-refractivity contribution in [3.8, 4) is 0 Å². The van der Waals surface area contributed by atoms with Gasteiger partial charge in [0.2, 0.25) is 0 Å². The summed E-state index contributed by atoms with van der Waals surface area (Å²) < 4.78 is 0. The van der Waals surface area contributed by atoms with Gasteiger partial charge in [-0.15, -0.1) is 0 Å². The largest absolute Gasteiger partial charge is 0.0859 e. The van der Waals surface area contributed by atoms with Crippen LogP contribution in [0.3, 0.4) is 0 Å². The van der Waals surface area contributed by atoms with Gasteiger partial charge in [0, 0.05) is 0 Å². The highest BCUT2D eigenvalue weighted by Gasteiger charge is 2.30. The van der Waals surface area contributed by atoms with Crippen LogP contribution in [0.15, 0.2) is 17.7 Å². The van der Waals surface area contributed by atoms with E-state index in [0.29, 0.717) is 0 Å². The summed E-state index contributed by atoms with van der Waals surface area (Å²) in [5, 5.41) is 0. The van der Waals surface area contributed by atoms with E-state index in [9.17, 15) is 0 Å². The minimum Gasteiger partial charge on any atom is -0.0859 e. The maximum Gasteiger partial charge on any atom is -0.0133 e. The van der Waals surface area contributed by atoms with Gasteiger partial charge in [-0.3, -0.25) is 0 Å². The molecule has 1 aliphatic rings. The summed E-state index contributed by atoms with van der Waals surface area (Å²) in [4.78, 5) is 0. The Bertz CT molecular complexity index is 558. The quantitative estimate of drug-likeness (QED) is 0.526. The molecule has 0 bridgehead atoms. The van der Waals surface area contributed by atoms with Gasteiger partial charge in [-0.25, -0.2) is 0 Å². The summed E-state index contributed by atoms with van der Waals surface area (Å²) >= 11 is 0. The summed E-state index contributed by atoms with van der Waals surface area (Å²) in [6, 6.07) is 2.51. The summed E-state index contributed by atoms with van der Waals surface area (Å²) in [5.41, 5.74) is 9.34. The van der Waals surface area contributed by atoms with Crippen LogP contribution in [0.4, 0.5) is 0 Å². The fourth-order valence-corrected chi connectivity index (χ4v) is 4.25. The molecule has 0 spiro atoms. The summed E-state index contributed by atoms with van der Waals surface area (Å²) in [7, 11) is 0. The molecule has 1 aliphatic carbocycles. The van der Waals surface area contributed by atoms with Crippen molar-refractivity contribution in [1.29, 1.82) is 0 Å². The van der Waals surface area contributed by atoms with Crippen LogP contribution in [0.2, 0.25) is 0 Å². The molecule has 22 heavy (non-hydrogen) atoms. The van der Waals surface area contributed by atoms with E-state index < -0.39 is 0 Å². The van der Waals surface area contributed by atoms with Gasteiger partial charge in [0.1, 0.15) is 0 Å². The van der Waals surface area contributed by atoms with Gasteiger partial charge in [-0.2, -0.15) is 0 Å². The van der Waals surface area contributed by atoms with Crippen molar-refractivity contribution in [2.24, 2.45) is 5.92 Å². The number of allylic oxidation sites excluding steroid dienone is 2. The van der Waals surface area contributed by atoms with Crippen LogP contribution in [0.5, 0.6) is 0 Å². The number of hydrogen-bond donors (Lipinski definition) is 0. The van der Waals surface area contributed by atoms with E-state index >= 15 is 0 Å². The number of hydrogen-bond acceptors (Lipinski definition) is 0. The average molecular weight is 299 g/mol. The molecule has 2 rings (SSSR count). The third-order valence-electron chi connectivity index (χ3n) is 5.91. The average Bonchev–Trinajstić information content (AvgIpc) is 2.44. The maximum absolute atomic E-state index is 2.51. The molecule has 0 aliphatic heterocycles. The molecule has 0 saturated carbocycles. The standard InChI is InChI=1S/C22H34/c1-14(2)9-8-10-15(3)20-12-11-16(4)22-19(7)18(6)17(5)13-21(20)22/h9,13,15-16,20H,8,10-12H2,1-7H3/t15-,16-,20+/m0/s1. The molecule has 0 unspecified atom stereocenters. The molecule has 0 fully saturated rings. The highest BCUT2D eigenvalue weighted by Crippen LogP contribution is 2.45. The number of rotatable bonds is 4. The minimum absolute atomic E-state index is 0.732. The summed E-state index contributed by atoms with van der Waals surface area (Å²) in [5.74, 6) is 2.27. The minimum atomic E-state index is 0.732. The zero-order chi connectivity index (χ0) is 16.4. The molecule has 3 atom stereocenters. The van der Waals surface area contributed by atoms with Gasteiger partial charge in [0.05, 0.1) is 0 Å². The molecule has 0 amide bonds. The van der Waals surface area contributed by atoms with Crippen LogP contribution in [-0.4, -0.2) is 0 Å². The second-order valence-corrected chi connectivity index (χ2v) is 7.87. The van der Waals surface area contributed by atoms with Crippen molar-refractivity contribution in [3.05, 3.63) is 45.5 Å². The Morgan fingerprint density at radius 3 is 2.50 bits per heavy atom. The molecular weight excluding hydrogens is 264 g/mol. The first kappa shape index (κ1) is 17.3. The highest BCUT2D eigenvalue weighted by atomic mass is 14.3. The van der Waals surface area contributed by atoms with Crippen LogP contribution in [0.25, 0.3) is 0 Å². The first-order valence-electron chi connectivity index (χ1n) is 9.06. The van der Waals surface area contributed by atoms with Crippen molar-refractivity contribution in [3.63, 3.8) is 0 Å². The van der Waals surface area contributed by atoms with Crippen LogP contribution in [0.1, 0.15) is 93.0 Å². The molecule has 0 heterocycles. The van der Waals surface area contributed by atoms with E-state index in [1.54, 1.807) is 16.7 Å². The van der Waals surface area contributed by atoms with E-state index in [1.807, 2.05) is 0 Å². The van der Waals surface area contributed by atoms with Gasteiger partial charge < -0.3 is 0 Å². The lowest BCUT2D eigenvalue weighted by atomic mass is 9.69. The Kier molecular flexibility index (Phi) is 5.53. The maximum atomic E-state index is 2.51. The second kappa shape index (κ2) is 7.02. The van der Waals surface area contributed by atoms with Crippen LogP contribution in [0, 0.1) is 26.7 Å². The van der Waals surface area contributed by atoms with E-state index in [0.717, 1.165) is 17.8 Å². The molecule has 0 saturated heterocycles. The Hall–Kier alpha value is -1.04. The summed E-state index contributed by atoms with van der Waals surface area (Å²) in [6.45, 7) is 16.2. The predicted octanol–water partition coefficient (Wildman–Crippen LogP) is 6.98. The number of aryl methyl sites for hydroxylation is 1. The van der Waals surface area contributed by atoms with Crippen molar-refractivity contribution >= 4 is 0 Å². The molecule has 0 aromatic heterocycles. The van der Waals surface area contributed by atoms with Crippen LogP contribution in [-0.2, 0) is 0 Å². The molecule has 1 aromatic carbocycles. The fourth-order valence-electron chi connectivity index (χ4n) is 4.25. The Balaban J connectivity index is 2.30. The molecule has 0 heteroatoms. The fraction of sp³-hybridized carbons (Fsp3) is 0.636. The number of fused-ring (bicyclic) bond motifs is 1. The second-order valence-electron chi connectivity index (χ2n) is 7.87. The number of benzene rings is 1. The van der Waals surface area contributed by atoms with Crippen molar-refractivity contribution in [1.82, 2.24) is 0 Å². The zero-order valence-corrected chi connectivity index (χ0v) is 15.7. The monoisotopic (exact) mass is 298 g/mol. The SMILES string of the molecule is CC(C)=CCC[C@H](C)[C@H]1CC[C@H](C)c2c1cc(C)c(C)c2C.